The molecule has 0 radical (unpaired) electrons. The molecule has 0 heterocycles. The average Bonchev–Trinajstić information content (AvgIpc) is 2.52. The van der Waals surface area contributed by atoms with Gasteiger partial charge in [-0.1, -0.05) is 44.4 Å². The topological polar surface area (TPSA) is 41.1 Å². The molecule has 0 aromatic heterocycles. The van der Waals surface area contributed by atoms with E-state index >= 15 is 0 Å². The monoisotopic (exact) mass is 288 g/mol. The van der Waals surface area contributed by atoms with Gasteiger partial charge in [0.05, 0.1) is 0 Å². The number of rotatable bonds is 6. The molecule has 0 saturated heterocycles. The zero-order valence-corrected chi connectivity index (χ0v) is 13.3. The second kappa shape index (κ2) is 8.18. The van der Waals surface area contributed by atoms with E-state index in [0.717, 1.165) is 36.6 Å². The smallest absolute Gasteiger partial charge is 0.251 e. The van der Waals surface area contributed by atoms with Gasteiger partial charge in [-0.25, -0.2) is 0 Å². The van der Waals surface area contributed by atoms with Gasteiger partial charge in [0.15, 0.2) is 0 Å². The zero-order valence-electron chi connectivity index (χ0n) is 13.3. The standard InChI is InChI=1S/C18H28N2O/c1-14-7-3-4-9-16(14)13-20-18(21)17-10-6-5-8-15(17)11-12-19-2/h5-6,8,10,14,16,19H,3-4,7,9,11-13H2,1-2H3,(H,20,21). The zero-order chi connectivity index (χ0) is 15.1. The van der Waals surface area contributed by atoms with Crippen LogP contribution in [0, 0.1) is 11.8 Å². The Kier molecular flexibility index (Phi) is 6.24. The van der Waals surface area contributed by atoms with Crippen LogP contribution in [-0.4, -0.2) is 26.0 Å². The number of carbonyl (C=O) groups excluding carboxylic acids is 1. The van der Waals surface area contributed by atoms with Gasteiger partial charge in [-0.2, -0.15) is 0 Å². The molecule has 3 nitrogen and oxygen atoms in total. The molecule has 1 aromatic rings. The van der Waals surface area contributed by atoms with Crippen molar-refractivity contribution >= 4 is 5.91 Å². The maximum Gasteiger partial charge on any atom is 0.251 e. The summed E-state index contributed by atoms with van der Waals surface area (Å²) in [7, 11) is 1.94. The molecule has 2 N–H and O–H groups in total. The molecule has 1 aliphatic carbocycles. The van der Waals surface area contributed by atoms with Crippen LogP contribution < -0.4 is 10.6 Å². The molecule has 0 bridgehead atoms. The molecule has 2 rings (SSSR count). The van der Waals surface area contributed by atoms with Crippen LogP contribution >= 0.6 is 0 Å². The van der Waals surface area contributed by atoms with Gasteiger partial charge in [0.25, 0.3) is 5.91 Å². The molecule has 1 aliphatic rings. The van der Waals surface area contributed by atoms with Crippen LogP contribution in [0.15, 0.2) is 24.3 Å². The van der Waals surface area contributed by atoms with E-state index in [1.807, 2.05) is 25.2 Å². The van der Waals surface area contributed by atoms with Crippen molar-refractivity contribution in [2.75, 3.05) is 20.1 Å². The van der Waals surface area contributed by atoms with Crippen LogP contribution in [-0.2, 0) is 6.42 Å². The predicted octanol–water partition coefficient (Wildman–Crippen LogP) is 3.00. The lowest BCUT2D eigenvalue weighted by atomic mass is 9.80. The molecule has 116 valence electrons. The minimum Gasteiger partial charge on any atom is -0.352 e. The van der Waals surface area contributed by atoms with Crippen LogP contribution in [0.25, 0.3) is 0 Å². The molecular weight excluding hydrogens is 260 g/mol. The van der Waals surface area contributed by atoms with Crippen LogP contribution in [0.4, 0.5) is 0 Å². The van der Waals surface area contributed by atoms with Crippen molar-refractivity contribution in [2.45, 2.75) is 39.0 Å². The van der Waals surface area contributed by atoms with Crippen LogP contribution in [0.2, 0.25) is 0 Å². The highest BCUT2D eigenvalue weighted by atomic mass is 16.1. The van der Waals surface area contributed by atoms with Crippen molar-refractivity contribution in [3.05, 3.63) is 35.4 Å². The van der Waals surface area contributed by atoms with Gasteiger partial charge in [0, 0.05) is 12.1 Å². The maximum atomic E-state index is 12.4. The summed E-state index contributed by atoms with van der Waals surface area (Å²) in [5.41, 5.74) is 1.96. The number of hydrogen-bond donors (Lipinski definition) is 2. The van der Waals surface area contributed by atoms with Gasteiger partial charge < -0.3 is 10.6 Å². The maximum absolute atomic E-state index is 12.4. The first-order valence-electron chi connectivity index (χ1n) is 8.23. The minimum absolute atomic E-state index is 0.0828. The number of hydrogen-bond acceptors (Lipinski definition) is 2. The Labute approximate surface area is 128 Å². The van der Waals surface area contributed by atoms with E-state index in [4.69, 9.17) is 0 Å². The number of benzene rings is 1. The molecule has 1 amide bonds. The first kappa shape index (κ1) is 16.0. The Morgan fingerprint density at radius 3 is 2.76 bits per heavy atom. The van der Waals surface area contributed by atoms with Crippen LogP contribution in [0.3, 0.4) is 0 Å². The summed E-state index contributed by atoms with van der Waals surface area (Å²) in [5, 5.41) is 6.30. The lowest BCUT2D eigenvalue weighted by Gasteiger charge is -2.28. The Morgan fingerprint density at radius 2 is 2.00 bits per heavy atom. The molecule has 1 aromatic carbocycles. The second-order valence-corrected chi connectivity index (χ2v) is 6.24. The highest BCUT2D eigenvalue weighted by Crippen LogP contribution is 2.28. The fraction of sp³-hybridized carbons (Fsp3) is 0.611. The quantitative estimate of drug-likeness (QED) is 0.845. The molecule has 21 heavy (non-hydrogen) atoms. The summed E-state index contributed by atoms with van der Waals surface area (Å²) in [6, 6.07) is 7.94. The number of likely N-dealkylation sites (N-methyl/N-ethyl adjacent to an activating group) is 1. The van der Waals surface area contributed by atoms with Crippen molar-refractivity contribution in [1.29, 1.82) is 0 Å². The van der Waals surface area contributed by atoms with E-state index in [1.54, 1.807) is 0 Å². The third kappa shape index (κ3) is 4.57. The molecule has 1 saturated carbocycles. The first-order chi connectivity index (χ1) is 10.2. The molecule has 1 fully saturated rings. The van der Waals surface area contributed by atoms with E-state index in [9.17, 15) is 4.79 Å². The third-order valence-electron chi connectivity index (χ3n) is 4.72. The van der Waals surface area contributed by atoms with E-state index < -0.39 is 0 Å². The molecular formula is C18H28N2O. The summed E-state index contributed by atoms with van der Waals surface area (Å²) in [6.07, 6.45) is 6.10. The lowest BCUT2D eigenvalue weighted by Crippen LogP contribution is -2.34. The van der Waals surface area contributed by atoms with E-state index in [0.29, 0.717) is 5.92 Å². The Balaban J connectivity index is 1.93. The van der Waals surface area contributed by atoms with Crippen LogP contribution in [0.1, 0.15) is 48.5 Å². The van der Waals surface area contributed by atoms with Crippen molar-refractivity contribution in [1.82, 2.24) is 10.6 Å². The van der Waals surface area contributed by atoms with Gasteiger partial charge in [0.2, 0.25) is 0 Å². The number of nitrogens with one attached hydrogen (secondary N) is 2. The Morgan fingerprint density at radius 1 is 1.24 bits per heavy atom. The molecule has 3 heteroatoms. The first-order valence-corrected chi connectivity index (χ1v) is 8.23. The molecule has 0 aliphatic heterocycles. The fourth-order valence-electron chi connectivity index (χ4n) is 3.23. The SMILES string of the molecule is CNCCc1ccccc1C(=O)NCC1CCCCC1C. The van der Waals surface area contributed by atoms with Gasteiger partial charge >= 0.3 is 0 Å². The average molecular weight is 288 g/mol. The summed E-state index contributed by atoms with van der Waals surface area (Å²) in [6.45, 7) is 4.03. The van der Waals surface area contributed by atoms with E-state index in [-0.39, 0.29) is 5.91 Å². The molecule has 2 unspecified atom stereocenters. The minimum atomic E-state index is 0.0828. The Bertz CT molecular complexity index is 458. The van der Waals surface area contributed by atoms with E-state index in [1.165, 1.54) is 25.7 Å². The van der Waals surface area contributed by atoms with Gasteiger partial charge in [-0.15, -0.1) is 0 Å². The van der Waals surface area contributed by atoms with Crippen molar-refractivity contribution < 1.29 is 4.79 Å². The molecule has 0 spiro atoms. The summed E-state index contributed by atoms with van der Waals surface area (Å²) < 4.78 is 0. The van der Waals surface area contributed by atoms with Crippen LogP contribution in [0.5, 0.6) is 0 Å². The summed E-state index contributed by atoms with van der Waals surface area (Å²) in [5.74, 6) is 1.46. The summed E-state index contributed by atoms with van der Waals surface area (Å²) >= 11 is 0. The van der Waals surface area contributed by atoms with Crippen molar-refractivity contribution in [3.63, 3.8) is 0 Å². The third-order valence-corrected chi connectivity index (χ3v) is 4.72. The normalized spacial score (nSPS) is 22.0. The number of amides is 1. The fourth-order valence-corrected chi connectivity index (χ4v) is 3.23. The lowest BCUT2D eigenvalue weighted by molar-refractivity contribution is 0.0935. The van der Waals surface area contributed by atoms with Crippen molar-refractivity contribution in [3.8, 4) is 0 Å². The Hall–Kier alpha value is -1.35. The second-order valence-electron chi connectivity index (χ2n) is 6.24. The number of carbonyl (C=O) groups is 1. The van der Waals surface area contributed by atoms with Gasteiger partial charge in [0.1, 0.15) is 0 Å². The predicted molar refractivity (Wildman–Crippen MR) is 87.5 cm³/mol. The highest BCUT2D eigenvalue weighted by molar-refractivity contribution is 5.95. The highest BCUT2D eigenvalue weighted by Gasteiger charge is 2.22. The molecule has 2 atom stereocenters. The van der Waals surface area contributed by atoms with Crippen molar-refractivity contribution in [2.24, 2.45) is 11.8 Å². The summed E-state index contributed by atoms with van der Waals surface area (Å²) in [4.78, 5) is 12.4. The largest absolute Gasteiger partial charge is 0.352 e. The van der Waals surface area contributed by atoms with Gasteiger partial charge in [-0.3, -0.25) is 4.79 Å². The van der Waals surface area contributed by atoms with E-state index in [2.05, 4.69) is 23.6 Å². The van der Waals surface area contributed by atoms with Gasteiger partial charge in [-0.05, 0) is 49.9 Å².